The predicted molar refractivity (Wildman–Crippen MR) is 97.4 cm³/mol. The zero-order valence-electron chi connectivity index (χ0n) is 14.1. The predicted octanol–water partition coefficient (Wildman–Crippen LogP) is 4.04. The molecule has 1 amide bonds. The van der Waals surface area contributed by atoms with Crippen LogP contribution in [-0.2, 0) is 0 Å². The van der Waals surface area contributed by atoms with E-state index < -0.39 is 0 Å². The topological polar surface area (TPSA) is 23.6 Å². The Kier molecular flexibility index (Phi) is 3.95. The second-order valence-electron chi connectivity index (χ2n) is 6.20. The molecule has 0 aromatic heterocycles. The van der Waals surface area contributed by atoms with Gasteiger partial charge in [0.25, 0.3) is 5.91 Å². The summed E-state index contributed by atoms with van der Waals surface area (Å²) in [5, 5.41) is 0. The smallest absolute Gasteiger partial charge is 0.259 e. The lowest BCUT2D eigenvalue weighted by atomic mass is 10.0. The van der Waals surface area contributed by atoms with Gasteiger partial charge in [-0.3, -0.25) is 4.79 Å². The molecule has 0 atom stereocenters. The van der Waals surface area contributed by atoms with Crippen molar-refractivity contribution in [3.8, 4) is 0 Å². The van der Waals surface area contributed by atoms with Gasteiger partial charge in [-0.1, -0.05) is 24.3 Å². The summed E-state index contributed by atoms with van der Waals surface area (Å²) in [6.07, 6.45) is 4.11. The van der Waals surface area contributed by atoms with Crippen molar-refractivity contribution >= 4 is 23.4 Å². The maximum absolute atomic E-state index is 13.1. The molecule has 0 unspecified atom stereocenters. The first-order valence-electron chi connectivity index (χ1n) is 7.85. The summed E-state index contributed by atoms with van der Waals surface area (Å²) in [6, 6.07) is 12.1. The lowest BCUT2D eigenvalue weighted by Crippen LogP contribution is -2.31. The molecule has 0 spiro atoms. The van der Waals surface area contributed by atoms with Crippen LogP contribution in [0.3, 0.4) is 0 Å². The fraction of sp³-hybridized carbons (Fsp3) is 0.250. The molecule has 0 aliphatic carbocycles. The van der Waals surface area contributed by atoms with E-state index >= 15 is 0 Å². The standard InChI is InChI=1S/C20H22N2O/c1-14-7-5-9-19(15(14)2)22-12-6-8-16-13-17(21(3)4)10-11-18(16)20(22)23/h5-11,13H,12H2,1-4H3. The fourth-order valence-electron chi connectivity index (χ4n) is 2.91. The fourth-order valence-corrected chi connectivity index (χ4v) is 2.91. The molecule has 0 bridgehead atoms. The Bertz CT molecular complexity index is 790. The summed E-state index contributed by atoms with van der Waals surface area (Å²) in [5.41, 5.74) is 6.18. The Labute approximate surface area is 137 Å². The molecule has 2 aromatic rings. The van der Waals surface area contributed by atoms with E-state index in [0.29, 0.717) is 6.54 Å². The summed E-state index contributed by atoms with van der Waals surface area (Å²) in [6.45, 7) is 4.74. The van der Waals surface area contributed by atoms with E-state index in [1.807, 2.05) is 54.2 Å². The van der Waals surface area contributed by atoms with Crippen molar-refractivity contribution in [1.82, 2.24) is 0 Å². The van der Waals surface area contributed by atoms with Crippen molar-refractivity contribution in [2.24, 2.45) is 0 Å². The molecule has 0 N–H and O–H groups in total. The highest BCUT2D eigenvalue weighted by Crippen LogP contribution is 2.28. The van der Waals surface area contributed by atoms with Gasteiger partial charge in [0.15, 0.2) is 0 Å². The first-order valence-corrected chi connectivity index (χ1v) is 7.85. The number of hydrogen-bond donors (Lipinski definition) is 0. The van der Waals surface area contributed by atoms with Crippen LogP contribution in [0, 0.1) is 13.8 Å². The van der Waals surface area contributed by atoms with E-state index in [4.69, 9.17) is 0 Å². The number of aryl methyl sites for hydroxylation is 1. The van der Waals surface area contributed by atoms with Crippen molar-refractivity contribution < 1.29 is 4.79 Å². The van der Waals surface area contributed by atoms with E-state index in [2.05, 4.69) is 32.1 Å². The summed E-state index contributed by atoms with van der Waals surface area (Å²) < 4.78 is 0. The molecule has 0 radical (unpaired) electrons. The Morgan fingerprint density at radius 3 is 2.61 bits per heavy atom. The third-order valence-electron chi connectivity index (χ3n) is 4.48. The van der Waals surface area contributed by atoms with E-state index in [-0.39, 0.29) is 5.91 Å². The molecule has 1 heterocycles. The van der Waals surface area contributed by atoms with E-state index in [0.717, 1.165) is 28.1 Å². The van der Waals surface area contributed by atoms with Crippen LogP contribution < -0.4 is 9.80 Å². The number of benzene rings is 2. The maximum atomic E-state index is 13.1. The summed E-state index contributed by atoms with van der Waals surface area (Å²) in [4.78, 5) is 17.0. The van der Waals surface area contributed by atoms with Crippen LogP contribution in [0.15, 0.2) is 42.5 Å². The van der Waals surface area contributed by atoms with Gasteiger partial charge >= 0.3 is 0 Å². The second-order valence-corrected chi connectivity index (χ2v) is 6.20. The van der Waals surface area contributed by atoms with Gasteiger partial charge in [0.05, 0.1) is 0 Å². The van der Waals surface area contributed by atoms with Crippen LogP contribution in [0.25, 0.3) is 6.08 Å². The molecule has 0 saturated heterocycles. The van der Waals surface area contributed by atoms with E-state index in [1.54, 1.807) is 0 Å². The summed E-state index contributed by atoms with van der Waals surface area (Å²) >= 11 is 0. The lowest BCUT2D eigenvalue weighted by molar-refractivity contribution is 0.0990. The van der Waals surface area contributed by atoms with Gasteiger partial charge in [0.1, 0.15) is 0 Å². The Hall–Kier alpha value is -2.55. The van der Waals surface area contributed by atoms with Crippen LogP contribution in [-0.4, -0.2) is 26.5 Å². The molecular formula is C20H22N2O. The molecule has 2 aromatic carbocycles. The number of hydrogen-bond acceptors (Lipinski definition) is 2. The number of nitrogens with zero attached hydrogens (tertiary/aromatic N) is 2. The largest absolute Gasteiger partial charge is 0.378 e. The van der Waals surface area contributed by atoms with Crippen LogP contribution in [0.4, 0.5) is 11.4 Å². The van der Waals surface area contributed by atoms with Crippen molar-refractivity contribution in [3.63, 3.8) is 0 Å². The molecule has 118 valence electrons. The molecule has 3 heteroatoms. The minimum Gasteiger partial charge on any atom is -0.378 e. The van der Waals surface area contributed by atoms with Gasteiger partial charge in [-0.25, -0.2) is 0 Å². The van der Waals surface area contributed by atoms with E-state index in [9.17, 15) is 4.79 Å². The first-order chi connectivity index (χ1) is 11.0. The maximum Gasteiger partial charge on any atom is 0.259 e. The number of carbonyl (C=O) groups excluding carboxylic acids is 1. The highest BCUT2D eigenvalue weighted by Gasteiger charge is 2.23. The zero-order valence-corrected chi connectivity index (χ0v) is 14.1. The van der Waals surface area contributed by atoms with Crippen LogP contribution in [0.5, 0.6) is 0 Å². The van der Waals surface area contributed by atoms with Crippen LogP contribution >= 0.6 is 0 Å². The van der Waals surface area contributed by atoms with Gasteiger partial charge in [-0.05, 0) is 54.8 Å². The quantitative estimate of drug-likeness (QED) is 0.836. The van der Waals surface area contributed by atoms with Crippen LogP contribution in [0.1, 0.15) is 27.0 Å². The molecule has 23 heavy (non-hydrogen) atoms. The first kappa shape index (κ1) is 15.3. The van der Waals surface area contributed by atoms with Crippen molar-refractivity contribution in [2.75, 3.05) is 30.4 Å². The number of anilines is 2. The van der Waals surface area contributed by atoms with Crippen molar-refractivity contribution in [1.29, 1.82) is 0 Å². The highest BCUT2D eigenvalue weighted by molar-refractivity contribution is 6.10. The molecule has 1 aliphatic rings. The SMILES string of the molecule is Cc1cccc(N2CC=Cc3cc(N(C)C)ccc3C2=O)c1C. The minimum absolute atomic E-state index is 0.0593. The molecule has 0 saturated carbocycles. The number of fused-ring (bicyclic) bond motifs is 1. The Morgan fingerprint density at radius 2 is 1.87 bits per heavy atom. The monoisotopic (exact) mass is 306 g/mol. The Balaban J connectivity index is 2.06. The summed E-state index contributed by atoms with van der Waals surface area (Å²) in [7, 11) is 4.01. The lowest BCUT2D eigenvalue weighted by Gasteiger charge is -2.24. The molecular weight excluding hydrogens is 284 g/mol. The van der Waals surface area contributed by atoms with Gasteiger partial charge in [0, 0.05) is 37.6 Å². The number of carbonyl (C=O) groups is 1. The van der Waals surface area contributed by atoms with E-state index in [1.165, 1.54) is 5.56 Å². The highest BCUT2D eigenvalue weighted by atomic mass is 16.2. The number of rotatable bonds is 2. The molecule has 3 rings (SSSR count). The third kappa shape index (κ3) is 2.74. The number of amides is 1. The third-order valence-corrected chi connectivity index (χ3v) is 4.48. The van der Waals surface area contributed by atoms with Gasteiger partial charge in [0.2, 0.25) is 0 Å². The van der Waals surface area contributed by atoms with Crippen molar-refractivity contribution in [3.05, 3.63) is 64.7 Å². The van der Waals surface area contributed by atoms with Crippen molar-refractivity contribution in [2.45, 2.75) is 13.8 Å². The molecule has 3 nitrogen and oxygen atoms in total. The zero-order chi connectivity index (χ0) is 16.6. The minimum atomic E-state index is 0.0593. The Morgan fingerprint density at radius 1 is 1.09 bits per heavy atom. The average molecular weight is 306 g/mol. The normalized spacial score (nSPS) is 13.7. The molecule has 0 fully saturated rings. The van der Waals surface area contributed by atoms with Gasteiger partial charge < -0.3 is 9.80 Å². The average Bonchev–Trinajstić information content (AvgIpc) is 2.69. The van der Waals surface area contributed by atoms with Crippen LogP contribution in [0.2, 0.25) is 0 Å². The second kappa shape index (κ2) is 5.92. The molecule has 1 aliphatic heterocycles. The summed E-state index contributed by atoms with van der Waals surface area (Å²) in [5.74, 6) is 0.0593. The van der Waals surface area contributed by atoms with Gasteiger partial charge in [-0.15, -0.1) is 0 Å². The van der Waals surface area contributed by atoms with Gasteiger partial charge in [-0.2, -0.15) is 0 Å².